The molecule has 3 unspecified atom stereocenters. The van der Waals surface area contributed by atoms with E-state index >= 15 is 0 Å². The summed E-state index contributed by atoms with van der Waals surface area (Å²) < 4.78 is 44.7. The first-order valence-corrected chi connectivity index (χ1v) is 19.7. The molecule has 4 N–H and O–H groups in total. The number of benzene rings is 2. The van der Waals surface area contributed by atoms with Crippen LogP contribution in [-0.2, 0) is 38.6 Å². The number of anilines is 1. The lowest BCUT2D eigenvalue weighted by molar-refractivity contribution is -0.142. The number of alkyl carbamates (subject to hydrolysis) is 1. The van der Waals surface area contributed by atoms with E-state index in [9.17, 15) is 32.4 Å². The Balaban J connectivity index is 1.25. The first kappa shape index (κ1) is 38.8. The van der Waals surface area contributed by atoms with E-state index in [1.807, 2.05) is 48.5 Å². The Labute approximate surface area is 314 Å². The molecule has 5 atom stereocenters. The molecular formula is C38H47N5O10S. The highest BCUT2D eigenvalue weighted by molar-refractivity contribution is 7.91. The lowest BCUT2D eigenvalue weighted by Crippen LogP contribution is -2.59. The van der Waals surface area contributed by atoms with Crippen LogP contribution in [-0.4, -0.2) is 97.6 Å². The molecule has 2 heterocycles. The quantitative estimate of drug-likeness (QED) is 0.302. The SMILES string of the molecule is CC(C)(C)OC(=O)N[C@@H]1COCCC/C=C\C2CC2(C(=O)NS(=O)(=O)C2CC2)NC(=O)C2C[C@@H](OC(=O)Nc3ccccc3-c3ccccc3)CN2C1=O. The zero-order chi connectivity index (χ0) is 38.7. The number of hydrogen-bond donors (Lipinski definition) is 4. The number of carbonyl (C=O) groups excluding carboxylic acids is 5. The summed E-state index contributed by atoms with van der Waals surface area (Å²) in [6, 6.07) is 14.1. The topological polar surface area (TPSA) is 199 Å². The molecule has 0 spiro atoms. The van der Waals surface area contributed by atoms with Crippen LogP contribution >= 0.6 is 0 Å². The van der Waals surface area contributed by atoms with Gasteiger partial charge >= 0.3 is 12.2 Å². The zero-order valence-electron chi connectivity index (χ0n) is 30.5. The average molecular weight is 766 g/mol. The first-order chi connectivity index (χ1) is 25.6. The van der Waals surface area contributed by atoms with Gasteiger partial charge < -0.3 is 29.7 Å². The first-order valence-electron chi connectivity index (χ1n) is 18.2. The van der Waals surface area contributed by atoms with Crippen LogP contribution in [0.4, 0.5) is 15.3 Å². The molecule has 15 nitrogen and oxygen atoms in total. The molecule has 0 aromatic heterocycles. The summed E-state index contributed by atoms with van der Waals surface area (Å²) >= 11 is 0. The van der Waals surface area contributed by atoms with Crippen LogP contribution in [0.3, 0.4) is 0 Å². The van der Waals surface area contributed by atoms with Gasteiger partial charge in [0.25, 0.3) is 5.91 Å². The third kappa shape index (κ3) is 9.39. The number of hydrogen-bond acceptors (Lipinski definition) is 10. The number of fused-ring (bicyclic) bond motifs is 2. The number of nitrogens with one attached hydrogen (secondary N) is 4. The van der Waals surface area contributed by atoms with Crippen LogP contribution < -0.4 is 20.7 Å². The molecule has 2 aliphatic carbocycles. The van der Waals surface area contributed by atoms with Gasteiger partial charge in [-0.25, -0.2) is 18.0 Å². The second-order valence-corrected chi connectivity index (χ2v) is 17.1. The molecule has 2 saturated carbocycles. The Kier molecular flexibility index (Phi) is 11.3. The number of amides is 5. The standard InChI is InChI=1S/C38H47N5O10S/c1-37(2,3)53-36(48)40-30-23-51-19-11-5-8-14-25-21-38(25,34(46)42-54(49,50)27-17-18-27)41-32(44)31-20-26(22-43(31)33(30)45)52-35(47)39-29-16-10-9-15-28(29)24-12-6-4-7-13-24/h4,6-10,12-16,25-27,30-31H,5,11,17-23H2,1-3H3,(H,39,47)(H,40,48)(H,41,44)(H,42,46)/b14-8-/t25?,26-,30-,31?,38?/m1/s1. The summed E-state index contributed by atoms with van der Waals surface area (Å²) in [5.41, 5.74) is -0.350. The fourth-order valence-corrected chi connectivity index (χ4v) is 8.05. The molecule has 54 heavy (non-hydrogen) atoms. The van der Waals surface area contributed by atoms with Gasteiger partial charge in [0, 0.05) is 24.5 Å². The molecule has 2 aliphatic heterocycles. The van der Waals surface area contributed by atoms with Crippen LogP contribution in [0.15, 0.2) is 66.7 Å². The second kappa shape index (κ2) is 15.8. The molecule has 0 radical (unpaired) electrons. The Morgan fingerprint density at radius 1 is 1.00 bits per heavy atom. The van der Waals surface area contributed by atoms with Gasteiger partial charge in [-0.3, -0.25) is 24.4 Å². The van der Waals surface area contributed by atoms with Crippen molar-refractivity contribution in [2.45, 2.75) is 93.9 Å². The lowest BCUT2D eigenvalue weighted by Gasteiger charge is -2.30. The molecule has 5 amide bonds. The van der Waals surface area contributed by atoms with Gasteiger partial charge in [-0.2, -0.15) is 0 Å². The lowest BCUT2D eigenvalue weighted by atomic mass is 10.0. The normalized spacial score (nSPS) is 26.8. The number of nitrogens with zero attached hydrogens (tertiary/aromatic N) is 1. The highest BCUT2D eigenvalue weighted by Gasteiger charge is 2.62. The van der Waals surface area contributed by atoms with Crippen molar-refractivity contribution >= 4 is 45.6 Å². The van der Waals surface area contributed by atoms with E-state index in [-0.39, 0.29) is 32.6 Å². The molecule has 1 saturated heterocycles. The van der Waals surface area contributed by atoms with Gasteiger partial charge in [-0.1, -0.05) is 60.7 Å². The van der Waals surface area contributed by atoms with E-state index in [0.29, 0.717) is 31.4 Å². The van der Waals surface area contributed by atoms with E-state index in [2.05, 4.69) is 20.7 Å². The van der Waals surface area contributed by atoms with Crippen molar-refractivity contribution in [3.05, 3.63) is 66.7 Å². The Hall–Kier alpha value is -4.96. The van der Waals surface area contributed by atoms with Crippen LogP contribution in [0.2, 0.25) is 0 Å². The number of rotatable bonds is 7. The summed E-state index contributed by atoms with van der Waals surface area (Å²) in [5.74, 6) is -2.80. The van der Waals surface area contributed by atoms with Gasteiger partial charge in [0.1, 0.15) is 29.3 Å². The van der Waals surface area contributed by atoms with Gasteiger partial charge in [0.15, 0.2) is 0 Å². The third-order valence-electron chi connectivity index (χ3n) is 9.64. The Morgan fingerprint density at radius 3 is 2.44 bits per heavy atom. The smallest absolute Gasteiger partial charge is 0.411 e. The Morgan fingerprint density at radius 2 is 1.72 bits per heavy atom. The van der Waals surface area contributed by atoms with Crippen molar-refractivity contribution in [3.63, 3.8) is 0 Å². The number of carbonyl (C=O) groups is 5. The maximum absolute atomic E-state index is 14.3. The third-order valence-corrected chi connectivity index (χ3v) is 11.5. The van der Waals surface area contributed by atoms with Crippen molar-refractivity contribution in [3.8, 4) is 11.1 Å². The molecular weight excluding hydrogens is 719 g/mol. The van der Waals surface area contributed by atoms with Gasteiger partial charge in [-0.05, 0) is 64.5 Å². The molecule has 2 aromatic carbocycles. The minimum atomic E-state index is -3.93. The molecule has 0 bridgehead atoms. The van der Waals surface area contributed by atoms with Crippen molar-refractivity contribution in [2.24, 2.45) is 5.92 Å². The molecule has 3 fully saturated rings. The van der Waals surface area contributed by atoms with E-state index in [0.717, 1.165) is 11.1 Å². The number of allylic oxidation sites excluding steroid dienone is 1. The average Bonchev–Trinajstić information content (AvgIpc) is 4.03. The van der Waals surface area contributed by atoms with Crippen molar-refractivity contribution in [2.75, 3.05) is 25.1 Å². The predicted molar refractivity (Wildman–Crippen MR) is 197 cm³/mol. The minimum Gasteiger partial charge on any atom is -0.444 e. The molecule has 16 heteroatoms. The number of para-hydroxylation sites is 1. The van der Waals surface area contributed by atoms with Crippen molar-refractivity contribution < 1.29 is 46.6 Å². The monoisotopic (exact) mass is 765 g/mol. The van der Waals surface area contributed by atoms with Gasteiger partial charge in [0.2, 0.25) is 21.8 Å². The second-order valence-electron chi connectivity index (χ2n) is 15.1. The van der Waals surface area contributed by atoms with Crippen LogP contribution in [0.1, 0.15) is 59.3 Å². The van der Waals surface area contributed by atoms with Crippen LogP contribution in [0.5, 0.6) is 0 Å². The fraction of sp³-hybridized carbons (Fsp3) is 0.500. The zero-order valence-corrected chi connectivity index (χ0v) is 31.4. The van der Waals surface area contributed by atoms with Crippen molar-refractivity contribution in [1.82, 2.24) is 20.3 Å². The van der Waals surface area contributed by atoms with Crippen LogP contribution in [0.25, 0.3) is 11.1 Å². The summed E-state index contributed by atoms with van der Waals surface area (Å²) in [4.78, 5) is 69.5. The highest BCUT2D eigenvalue weighted by atomic mass is 32.2. The molecule has 6 rings (SSSR count). The minimum absolute atomic E-state index is 0.143. The number of ether oxygens (including phenoxy) is 3. The fourth-order valence-electron chi connectivity index (χ4n) is 6.68. The largest absolute Gasteiger partial charge is 0.444 e. The van der Waals surface area contributed by atoms with Crippen LogP contribution in [0, 0.1) is 5.92 Å². The van der Waals surface area contributed by atoms with E-state index in [1.165, 1.54) is 4.90 Å². The molecule has 4 aliphatic rings. The molecule has 290 valence electrons. The Bertz CT molecular complexity index is 1890. The maximum Gasteiger partial charge on any atom is 0.411 e. The van der Waals surface area contributed by atoms with Gasteiger partial charge in [0.05, 0.1) is 24.1 Å². The van der Waals surface area contributed by atoms with E-state index in [4.69, 9.17) is 14.2 Å². The summed E-state index contributed by atoms with van der Waals surface area (Å²) in [6.07, 6.45) is 2.91. The highest BCUT2D eigenvalue weighted by Crippen LogP contribution is 2.46. The maximum atomic E-state index is 14.3. The van der Waals surface area contributed by atoms with Gasteiger partial charge in [-0.15, -0.1) is 0 Å². The summed E-state index contributed by atoms with van der Waals surface area (Å²) in [5, 5.41) is 7.45. The molecule has 2 aromatic rings. The predicted octanol–water partition coefficient (Wildman–Crippen LogP) is 3.61. The summed E-state index contributed by atoms with van der Waals surface area (Å²) in [6.45, 7) is 4.80. The van der Waals surface area contributed by atoms with Crippen molar-refractivity contribution in [1.29, 1.82) is 0 Å². The number of sulfonamides is 1. The van der Waals surface area contributed by atoms with E-state index in [1.54, 1.807) is 39.0 Å². The summed E-state index contributed by atoms with van der Waals surface area (Å²) in [7, 11) is -3.93. The van der Waals surface area contributed by atoms with E-state index < -0.39 is 80.4 Å².